The van der Waals surface area contributed by atoms with Crippen molar-refractivity contribution in [1.29, 1.82) is 0 Å². The molecule has 0 N–H and O–H groups in total. The number of ether oxygens (including phenoxy) is 1. The molecule has 4 bridgehead atoms. The number of benzene rings is 1. The molecule has 2 nitrogen and oxygen atoms in total. The van der Waals surface area contributed by atoms with Crippen molar-refractivity contribution in [1.82, 2.24) is 0 Å². The van der Waals surface area contributed by atoms with Gasteiger partial charge in [-0.15, -0.1) is 0 Å². The van der Waals surface area contributed by atoms with Gasteiger partial charge in [-0.1, -0.05) is 12.1 Å². The Labute approximate surface area is 126 Å². The SMILES string of the molecule is C[N+]1=Cc2cccc(C34CC5CC(CC(C5)C3)C4)c2OC1. The molecule has 0 saturated heterocycles. The molecule has 2 heteroatoms. The molecule has 1 heterocycles. The third-order valence-electron chi connectivity index (χ3n) is 6.43. The smallest absolute Gasteiger partial charge is 0.286 e. The Kier molecular flexibility index (Phi) is 2.40. The summed E-state index contributed by atoms with van der Waals surface area (Å²) in [7, 11) is 2.08. The van der Waals surface area contributed by atoms with Crippen molar-refractivity contribution < 1.29 is 9.31 Å². The molecular formula is C19H24NO+. The fourth-order valence-corrected chi connectivity index (χ4v) is 6.12. The van der Waals surface area contributed by atoms with Crippen molar-refractivity contribution >= 4 is 6.21 Å². The molecule has 0 spiro atoms. The number of nitrogens with zero attached hydrogens (tertiary/aromatic N) is 1. The van der Waals surface area contributed by atoms with Crippen LogP contribution in [-0.4, -0.2) is 24.6 Å². The van der Waals surface area contributed by atoms with Crippen molar-refractivity contribution in [3.8, 4) is 5.75 Å². The van der Waals surface area contributed by atoms with E-state index >= 15 is 0 Å². The Hall–Kier alpha value is -1.31. The van der Waals surface area contributed by atoms with Crippen molar-refractivity contribution in [2.24, 2.45) is 17.8 Å². The molecule has 4 fully saturated rings. The highest BCUT2D eigenvalue weighted by atomic mass is 16.5. The second-order valence-corrected chi connectivity index (χ2v) is 8.08. The summed E-state index contributed by atoms with van der Waals surface area (Å²) < 4.78 is 8.28. The van der Waals surface area contributed by atoms with Crippen LogP contribution in [-0.2, 0) is 5.41 Å². The van der Waals surface area contributed by atoms with E-state index in [0.717, 1.165) is 17.8 Å². The van der Waals surface area contributed by atoms with Crippen LogP contribution in [0.3, 0.4) is 0 Å². The third-order valence-corrected chi connectivity index (χ3v) is 6.43. The molecule has 0 aromatic heterocycles. The van der Waals surface area contributed by atoms with Gasteiger partial charge >= 0.3 is 0 Å². The normalized spacial score (nSPS) is 39.7. The lowest BCUT2D eigenvalue weighted by molar-refractivity contribution is -0.528. The van der Waals surface area contributed by atoms with Gasteiger partial charge in [0.1, 0.15) is 12.8 Å². The van der Waals surface area contributed by atoms with E-state index in [9.17, 15) is 0 Å². The van der Waals surface area contributed by atoms with Crippen LogP contribution in [0.1, 0.15) is 49.7 Å². The lowest BCUT2D eigenvalue weighted by Gasteiger charge is -2.57. The van der Waals surface area contributed by atoms with Gasteiger partial charge in [0.05, 0.1) is 5.56 Å². The topological polar surface area (TPSA) is 12.2 Å². The average Bonchev–Trinajstić information content (AvgIpc) is 2.45. The van der Waals surface area contributed by atoms with E-state index in [4.69, 9.17) is 4.74 Å². The molecule has 21 heavy (non-hydrogen) atoms. The van der Waals surface area contributed by atoms with Gasteiger partial charge in [0.15, 0.2) is 6.21 Å². The Bertz CT molecular complexity index is 595. The van der Waals surface area contributed by atoms with E-state index in [1.807, 2.05) is 0 Å². The van der Waals surface area contributed by atoms with E-state index in [-0.39, 0.29) is 0 Å². The first-order valence-electron chi connectivity index (χ1n) is 8.53. The zero-order chi connectivity index (χ0) is 14.0. The van der Waals surface area contributed by atoms with Crippen molar-refractivity contribution in [3.05, 3.63) is 29.3 Å². The molecule has 0 atom stereocenters. The van der Waals surface area contributed by atoms with Crippen LogP contribution in [0.25, 0.3) is 0 Å². The van der Waals surface area contributed by atoms with Crippen LogP contribution >= 0.6 is 0 Å². The molecule has 1 aromatic carbocycles. The zero-order valence-corrected chi connectivity index (χ0v) is 12.8. The molecule has 4 aliphatic carbocycles. The van der Waals surface area contributed by atoms with Crippen molar-refractivity contribution in [2.45, 2.75) is 43.9 Å². The summed E-state index contributed by atoms with van der Waals surface area (Å²) in [5, 5.41) is 0. The highest BCUT2D eigenvalue weighted by Gasteiger charge is 2.52. The molecule has 4 saturated carbocycles. The fourth-order valence-electron chi connectivity index (χ4n) is 6.12. The summed E-state index contributed by atoms with van der Waals surface area (Å²) >= 11 is 0. The first-order chi connectivity index (χ1) is 10.2. The predicted molar refractivity (Wildman–Crippen MR) is 83.1 cm³/mol. The molecule has 0 radical (unpaired) electrons. The molecule has 1 aliphatic heterocycles. The lowest BCUT2D eigenvalue weighted by Crippen LogP contribution is -2.48. The van der Waals surface area contributed by atoms with Gasteiger partial charge in [-0.3, -0.25) is 0 Å². The van der Waals surface area contributed by atoms with E-state index in [0.29, 0.717) is 12.1 Å². The van der Waals surface area contributed by atoms with Gasteiger partial charge in [-0.25, -0.2) is 4.58 Å². The molecule has 1 aromatic rings. The summed E-state index contributed by atoms with van der Waals surface area (Å²) in [5.74, 6) is 4.16. The molecule has 5 aliphatic rings. The maximum atomic E-state index is 6.15. The standard InChI is InChI=1S/C19H24NO/c1-20-11-16-3-2-4-17(18(16)21-12-20)19-8-13-5-14(9-19)7-15(6-13)10-19/h2-4,11,13-15H,5-10,12H2,1H3/q+1. The number of hydrogen-bond acceptors (Lipinski definition) is 1. The first-order valence-corrected chi connectivity index (χ1v) is 8.53. The largest absolute Gasteiger partial charge is 0.435 e. The van der Waals surface area contributed by atoms with Gasteiger partial charge in [0.25, 0.3) is 6.73 Å². The van der Waals surface area contributed by atoms with E-state index < -0.39 is 0 Å². The molecule has 110 valence electrons. The van der Waals surface area contributed by atoms with E-state index in [1.54, 1.807) is 0 Å². The minimum absolute atomic E-state index is 0.434. The number of rotatable bonds is 1. The van der Waals surface area contributed by atoms with Gasteiger partial charge < -0.3 is 4.74 Å². The molecule has 0 unspecified atom stereocenters. The monoisotopic (exact) mass is 282 g/mol. The van der Waals surface area contributed by atoms with Gasteiger partial charge in [-0.2, -0.15) is 0 Å². The summed E-state index contributed by atoms with van der Waals surface area (Å²) in [6.07, 6.45) is 11.0. The lowest BCUT2D eigenvalue weighted by atomic mass is 9.48. The quantitative estimate of drug-likeness (QED) is 0.717. The first kappa shape index (κ1) is 12.3. The second kappa shape index (κ2) is 4.12. The second-order valence-electron chi connectivity index (χ2n) is 8.08. The summed E-state index contributed by atoms with van der Waals surface area (Å²) in [4.78, 5) is 0. The van der Waals surface area contributed by atoms with Crippen LogP contribution in [0.5, 0.6) is 5.75 Å². The maximum absolute atomic E-state index is 6.15. The van der Waals surface area contributed by atoms with Gasteiger partial charge in [0, 0.05) is 5.56 Å². The fraction of sp³-hybridized carbons (Fsp3) is 0.632. The molecule has 0 amide bonds. The van der Waals surface area contributed by atoms with Crippen LogP contribution in [0, 0.1) is 17.8 Å². The Balaban J connectivity index is 1.64. The highest BCUT2D eigenvalue weighted by molar-refractivity contribution is 5.81. The number of fused-ring (bicyclic) bond motifs is 1. The average molecular weight is 282 g/mol. The highest BCUT2D eigenvalue weighted by Crippen LogP contribution is 2.62. The number of hydrogen-bond donors (Lipinski definition) is 0. The zero-order valence-electron chi connectivity index (χ0n) is 12.8. The van der Waals surface area contributed by atoms with Gasteiger partial charge in [-0.05, 0) is 67.8 Å². The predicted octanol–water partition coefficient (Wildman–Crippen LogP) is 3.57. The minimum Gasteiger partial charge on any atom is -0.435 e. The van der Waals surface area contributed by atoms with Crippen LogP contribution in [0.4, 0.5) is 0 Å². The van der Waals surface area contributed by atoms with Crippen LogP contribution in [0.15, 0.2) is 18.2 Å². The van der Waals surface area contributed by atoms with E-state index in [1.165, 1.54) is 55.4 Å². The van der Waals surface area contributed by atoms with Crippen LogP contribution in [0.2, 0.25) is 0 Å². The Morgan fingerprint density at radius 3 is 2.38 bits per heavy atom. The minimum atomic E-state index is 0.434. The molecular weight excluding hydrogens is 258 g/mol. The van der Waals surface area contributed by atoms with Crippen molar-refractivity contribution in [2.75, 3.05) is 13.8 Å². The number of para-hydroxylation sites is 1. The summed E-state index contributed by atoms with van der Waals surface area (Å²) in [5.41, 5.74) is 3.24. The maximum Gasteiger partial charge on any atom is 0.286 e. The van der Waals surface area contributed by atoms with Gasteiger partial charge in [0.2, 0.25) is 0 Å². The Morgan fingerprint density at radius 1 is 1.05 bits per heavy atom. The third kappa shape index (κ3) is 1.74. The van der Waals surface area contributed by atoms with Crippen molar-refractivity contribution in [3.63, 3.8) is 0 Å². The van der Waals surface area contributed by atoms with E-state index in [2.05, 4.69) is 36.0 Å². The summed E-state index contributed by atoms with van der Waals surface area (Å²) in [6, 6.07) is 6.81. The molecule has 6 rings (SSSR count). The van der Waals surface area contributed by atoms with Crippen LogP contribution < -0.4 is 4.74 Å². The Morgan fingerprint density at radius 2 is 1.71 bits per heavy atom. The summed E-state index contributed by atoms with van der Waals surface area (Å²) in [6.45, 7) is 0.691.